The minimum atomic E-state index is -0.00638. The maximum Gasteiger partial charge on any atom is 0.0834 e. The van der Waals surface area contributed by atoms with Crippen molar-refractivity contribution >= 4 is 15.9 Å². The molecular weight excluding hydrogens is 314 g/mol. The predicted octanol–water partition coefficient (Wildman–Crippen LogP) is 4.32. The van der Waals surface area contributed by atoms with Gasteiger partial charge in [0.05, 0.1) is 5.60 Å². The molecule has 1 saturated carbocycles. The second kappa shape index (κ2) is 7.58. The van der Waals surface area contributed by atoms with Gasteiger partial charge in [0.15, 0.2) is 0 Å². The molecule has 0 heterocycles. The molecular formula is C17H26BrNO. The second-order valence-electron chi connectivity index (χ2n) is 5.86. The predicted molar refractivity (Wildman–Crippen MR) is 88.1 cm³/mol. The van der Waals surface area contributed by atoms with Crippen LogP contribution < -0.4 is 5.32 Å². The van der Waals surface area contributed by atoms with Crippen molar-refractivity contribution in [2.45, 2.75) is 56.6 Å². The van der Waals surface area contributed by atoms with Gasteiger partial charge in [-0.2, -0.15) is 0 Å². The topological polar surface area (TPSA) is 21.3 Å². The summed E-state index contributed by atoms with van der Waals surface area (Å²) in [7, 11) is 3.95. The number of halogens is 1. The molecule has 0 radical (unpaired) electrons. The van der Waals surface area contributed by atoms with E-state index in [0.29, 0.717) is 6.04 Å². The Morgan fingerprint density at radius 2 is 1.95 bits per heavy atom. The van der Waals surface area contributed by atoms with Gasteiger partial charge < -0.3 is 10.1 Å². The highest BCUT2D eigenvalue weighted by Crippen LogP contribution is 2.34. The number of nitrogens with one attached hydrogen (secondary N) is 1. The molecule has 112 valence electrons. The first kappa shape index (κ1) is 16.0. The van der Waals surface area contributed by atoms with E-state index in [-0.39, 0.29) is 5.60 Å². The van der Waals surface area contributed by atoms with Gasteiger partial charge in [-0.1, -0.05) is 53.7 Å². The molecule has 0 aliphatic heterocycles. The lowest BCUT2D eigenvalue weighted by Gasteiger charge is -2.39. The maximum absolute atomic E-state index is 6.04. The highest BCUT2D eigenvalue weighted by Gasteiger charge is 2.38. The summed E-state index contributed by atoms with van der Waals surface area (Å²) in [5.41, 5.74) is 1.35. The average molecular weight is 340 g/mol. The molecule has 0 spiro atoms. The molecule has 1 aromatic carbocycles. The lowest BCUT2D eigenvalue weighted by molar-refractivity contribution is -0.0509. The van der Waals surface area contributed by atoms with Crippen LogP contribution in [0, 0.1) is 0 Å². The molecule has 2 nitrogen and oxygen atoms in total. The van der Waals surface area contributed by atoms with Crippen LogP contribution in [0.1, 0.15) is 44.1 Å². The van der Waals surface area contributed by atoms with Gasteiger partial charge in [-0.25, -0.2) is 0 Å². The largest absolute Gasteiger partial charge is 0.377 e. The van der Waals surface area contributed by atoms with E-state index in [1.54, 1.807) is 0 Å². The van der Waals surface area contributed by atoms with Crippen molar-refractivity contribution in [2.24, 2.45) is 0 Å². The number of hydrogen-bond acceptors (Lipinski definition) is 2. The van der Waals surface area contributed by atoms with Crippen LogP contribution in [-0.4, -0.2) is 25.8 Å². The summed E-state index contributed by atoms with van der Waals surface area (Å²) in [6, 6.07) is 8.98. The Morgan fingerprint density at radius 1 is 1.25 bits per heavy atom. The van der Waals surface area contributed by atoms with Crippen LogP contribution in [0.5, 0.6) is 0 Å². The molecule has 1 aliphatic carbocycles. The third kappa shape index (κ3) is 3.84. The van der Waals surface area contributed by atoms with Crippen molar-refractivity contribution < 1.29 is 4.74 Å². The standard InChI is InChI=1S/C17H26BrNO/c1-19-16(13-14-8-7-9-15(18)12-14)17(20-2)10-5-3-4-6-11-17/h7-9,12,16,19H,3-6,10-11,13H2,1-2H3. The SMILES string of the molecule is CNC(Cc1cccc(Br)c1)C1(OC)CCCCCC1. The number of hydrogen-bond donors (Lipinski definition) is 1. The number of methoxy groups -OCH3 is 1. The molecule has 0 bridgehead atoms. The first-order valence-electron chi connectivity index (χ1n) is 7.67. The fourth-order valence-corrected chi connectivity index (χ4v) is 3.92. The van der Waals surface area contributed by atoms with Crippen LogP contribution in [0.2, 0.25) is 0 Å². The lowest BCUT2D eigenvalue weighted by Crippen LogP contribution is -2.52. The first-order valence-corrected chi connectivity index (χ1v) is 8.46. The molecule has 3 heteroatoms. The summed E-state index contributed by atoms with van der Waals surface area (Å²) in [6.07, 6.45) is 8.61. The van der Waals surface area contributed by atoms with Gasteiger partial charge in [-0.05, 0) is 44.0 Å². The van der Waals surface area contributed by atoms with Crippen LogP contribution in [0.4, 0.5) is 0 Å². The highest BCUT2D eigenvalue weighted by molar-refractivity contribution is 9.10. The van der Waals surface area contributed by atoms with Gasteiger partial charge in [0.2, 0.25) is 0 Å². The number of rotatable bonds is 5. The zero-order valence-corrected chi connectivity index (χ0v) is 14.2. The molecule has 1 aliphatic rings. The minimum Gasteiger partial charge on any atom is -0.377 e. The Labute approximate surface area is 131 Å². The van der Waals surface area contributed by atoms with E-state index >= 15 is 0 Å². The van der Waals surface area contributed by atoms with E-state index in [1.165, 1.54) is 44.1 Å². The lowest BCUT2D eigenvalue weighted by atomic mass is 9.83. The summed E-state index contributed by atoms with van der Waals surface area (Å²) < 4.78 is 7.19. The zero-order chi connectivity index (χ0) is 14.4. The van der Waals surface area contributed by atoms with E-state index in [4.69, 9.17) is 4.74 Å². The van der Waals surface area contributed by atoms with Crippen LogP contribution in [0.3, 0.4) is 0 Å². The van der Waals surface area contributed by atoms with Crippen molar-refractivity contribution in [1.82, 2.24) is 5.32 Å². The number of likely N-dealkylation sites (N-methyl/N-ethyl adjacent to an activating group) is 1. The van der Waals surface area contributed by atoms with Gasteiger partial charge in [-0.3, -0.25) is 0 Å². The average Bonchev–Trinajstić information content (AvgIpc) is 2.71. The Balaban J connectivity index is 2.16. The molecule has 2 rings (SSSR count). The second-order valence-corrected chi connectivity index (χ2v) is 6.77. The van der Waals surface area contributed by atoms with Crippen molar-refractivity contribution in [3.05, 3.63) is 34.3 Å². The third-order valence-corrected chi connectivity index (χ3v) is 5.16. The van der Waals surface area contributed by atoms with Gasteiger partial charge in [0.1, 0.15) is 0 Å². The van der Waals surface area contributed by atoms with Crippen LogP contribution in [-0.2, 0) is 11.2 Å². The fourth-order valence-electron chi connectivity index (χ4n) is 3.47. The van der Waals surface area contributed by atoms with E-state index in [1.807, 2.05) is 7.11 Å². The van der Waals surface area contributed by atoms with Gasteiger partial charge >= 0.3 is 0 Å². The van der Waals surface area contributed by atoms with Crippen molar-refractivity contribution in [3.63, 3.8) is 0 Å². The quantitative estimate of drug-likeness (QED) is 0.806. The molecule has 0 saturated heterocycles. The first-order chi connectivity index (χ1) is 9.70. The smallest absolute Gasteiger partial charge is 0.0834 e. The Morgan fingerprint density at radius 3 is 2.50 bits per heavy atom. The van der Waals surface area contributed by atoms with Crippen LogP contribution in [0.25, 0.3) is 0 Å². The molecule has 0 aromatic heterocycles. The van der Waals surface area contributed by atoms with E-state index in [0.717, 1.165) is 10.9 Å². The molecule has 1 atom stereocenters. The molecule has 20 heavy (non-hydrogen) atoms. The number of benzene rings is 1. The summed E-state index contributed by atoms with van der Waals surface area (Å²) in [4.78, 5) is 0. The van der Waals surface area contributed by atoms with Gasteiger partial charge in [0.25, 0.3) is 0 Å². The van der Waals surface area contributed by atoms with Crippen molar-refractivity contribution in [1.29, 1.82) is 0 Å². The number of ether oxygens (including phenoxy) is 1. The summed E-state index contributed by atoms with van der Waals surface area (Å²) in [5, 5.41) is 3.52. The highest BCUT2D eigenvalue weighted by atomic mass is 79.9. The summed E-state index contributed by atoms with van der Waals surface area (Å²) in [6.45, 7) is 0. The summed E-state index contributed by atoms with van der Waals surface area (Å²) in [5.74, 6) is 0. The third-order valence-electron chi connectivity index (χ3n) is 4.67. The van der Waals surface area contributed by atoms with Crippen LogP contribution >= 0.6 is 15.9 Å². The van der Waals surface area contributed by atoms with Crippen molar-refractivity contribution in [3.8, 4) is 0 Å². The normalized spacial score (nSPS) is 20.4. The Bertz CT molecular complexity index is 413. The fraction of sp³-hybridized carbons (Fsp3) is 0.647. The maximum atomic E-state index is 6.04. The monoisotopic (exact) mass is 339 g/mol. The van der Waals surface area contributed by atoms with E-state index < -0.39 is 0 Å². The Kier molecular flexibility index (Phi) is 6.06. The van der Waals surface area contributed by atoms with Crippen LogP contribution in [0.15, 0.2) is 28.7 Å². The van der Waals surface area contributed by atoms with Gasteiger partial charge in [0, 0.05) is 17.6 Å². The molecule has 0 amide bonds. The minimum absolute atomic E-state index is 0.00638. The molecule has 1 N–H and O–H groups in total. The molecule has 1 fully saturated rings. The molecule has 1 unspecified atom stereocenters. The molecule has 1 aromatic rings. The van der Waals surface area contributed by atoms with E-state index in [2.05, 4.69) is 52.6 Å². The van der Waals surface area contributed by atoms with E-state index in [9.17, 15) is 0 Å². The zero-order valence-electron chi connectivity index (χ0n) is 12.6. The summed E-state index contributed by atoms with van der Waals surface area (Å²) >= 11 is 3.56. The Hall–Kier alpha value is -0.380. The van der Waals surface area contributed by atoms with Gasteiger partial charge in [-0.15, -0.1) is 0 Å². The van der Waals surface area contributed by atoms with Crippen molar-refractivity contribution in [2.75, 3.05) is 14.2 Å².